The van der Waals surface area contributed by atoms with Crippen molar-refractivity contribution < 1.29 is 4.79 Å². The molecule has 0 unspecified atom stereocenters. The lowest BCUT2D eigenvalue weighted by molar-refractivity contribution is -0.139. The molecule has 2 saturated heterocycles. The fraction of sp³-hybridized carbons (Fsp3) is 0.647. The van der Waals surface area contributed by atoms with Gasteiger partial charge in [-0.2, -0.15) is 0 Å². The Morgan fingerprint density at radius 3 is 2.70 bits per heavy atom. The summed E-state index contributed by atoms with van der Waals surface area (Å²) in [6.07, 6.45) is 3.03. The molecule has 0 saturated carbocycles. The molecule has 1 aromatic heterocycles. The van der Waals surface area contributed by atoms with E-state index < -0.39 is 0 Å². The lowest BCUT2D eigenvalue weighted by Gasteiger charge is -2.44. The van der Waals surface area contributed by atoms with Crippen LogP contribution in [0.25, 0.3) is 0 Å². The number of nitrogens with one attached hydrogen (secondary N) is 1. The summed E-state index contributed by atoms with van der Waals surface area (Å²) in [6, 6.07) is 5.55. The summed E-state index contributed by atoms with van der Waals surface area (Å²) >= 11 is 0. The number of halogens is 1. The number of likely N-dealkylation sites (tertiary alicyclic amines) is 1. The Kier molecular flexibility index (Phi) is 4.78. The summed E-state index contributed by atoms with van der Waals surface area (Å²) in [5.41, 5.74) is 1.22. The number of fused-ring (bicyclic) bond motifs is 4. The van der Waals surface area contributed by atoms with E-state index in [1.807, 2.05) is 10.6 Å². The number of carbonyl (C=O) groups excluding carboxylic acids is 1. The molecule has 1 amide bonds. The molecule has 3 aliphatic heterocycles. The number of amides is 1. The van der Waals surface area contributed by atoms with Crippen LogP contribution in [0.3, 0.4) is 0 Å². The predicted octanol–water partition coefficient (Wildman–Crippen LogP) is 1.22. The van der Waals surface area contributed by atoms with Gasteiger partial charge in [-0.05, 0) is 44.3 Å². The van der Waals surface area contributed by atoms with Crippen LogP contribution in [0.2, 0.25) is 0 Å². The lowest BCUT2D eigenvalue weighted by atomic mass is 9.82. The Morgan fingerprint density at radius 1 is 1.13 bits per heavy atom. The van der Waals surface area contributed by atoms with E-state index in [-0.39, 0.29) is 23.9 Å². The molecule has 3 aliphatic rings. The zero-order chi connectivity index (χ0) is 15.1. The normalized spacial score (nSPS) is 27.0. The molecule has 4 rings (SSSR count). The maximum absolute atomic E-state index is 12.8. The highest BCUT2D eigenvalue weighted by Gasteiger charge is 2.37. The van der Waals surface area contributed by atoms with Crippen LogP contribution in [0.4, 0.5) is 0 Å². The molecule has 0 aromatic carbocycles. The molecule has 0 radical (unpaired) electrons. The van der Waals surface area contributed by atoms with Crippen LogP contribution in [0.5, 0.6) is 0 Å². The van der Waals surface area contributed by atoms with Crippen LogP contribution in [0, 0.1) is 11.8 Å². The third kappa shape index (κ3) is 3.04. The minimum Gasteiger partial charge on any atom is -0.341 e. The molecule has 6 heteroatoms. The molecule has 2 atom stereocenters. The van der Waals surface area contributed by atoms with Crippen molar-refractivity contribution in [2.45, 2.75) is 31.7 Å². The van der Waals surface area contributed by atoms with Gasteiger partial charge >= 0.3 is 0 Å². The second kappa shape index (κ2) is 6.65. The fourth-order valence-electron chi connectivity index (χ4n) is 4.40. The minimum absolute atomic E-state index is 0. The number of hydrogen-bond acceptors (Lipinski definition) is 3. The standard InChI is InChI=1S/C17H23N3O2.ClH/c21-16-3-1-2-15-14-8-12(10-20(15)16)9-19(11-14)17(22)13-4-6-18-7-5-13;/h1-3,12-14,18H,4-11H2;1H/t12-,14+;/m1./s1. The Labute approximate surface area is 142 Å². The second-order valence-corrected chi connectivity index (χ2v) is 6.97. The molecular weight excluding hydrogens is 314 g/mol. The van der Waals surface area contributed by atoms with Gasteiger partial charge in [-0.1, -0.05) is 6.07 Å². The zero-order valence-electron chi connectivity index (χ0n) is 13.2. The van der Waals surface area contributed by atoms with Crippen LogP contribution in [-0.2, 0) is 11.3 Å². The fourth-order valence-corrected chi connectivity index (χ4v) is 4.40. The van der Waals surface area contributed by atoms with Crippen LogP contribution in [-0.4, -0.2) is 41.6 Å². The summed E-state index contributed by atoms with van der Waals surface area (Å²) in [5, 5.41) is 3.32. The SMILES string of the molecule is Cl.O=C(C1CCNCC1)N1C[C@H]2C[C@@H](C1)c1cccc(=O)n1C2. The molecular formula is C17H24ClN3O2. The maximum atomic E-state index is 12.8. The molecule has 1 aromatic rings. The summed E-state index contributed by atoms with van der Waals surface area (Å²) < 4.78 is 1.92. The first-order valence-electron chi connectivity index (χ1n) is 8.41. The van der Waals surface area contributed by atoms with Gasteiger partial charge in [-0.25, -0.2) is 0 Å². The highest BCUT2D eigenvalue weighted by atomic mass is 35.5. The van der Waals surface area contributed by atoms with E-state index in [0.29, 0.717) is 17.7 Å². The summed E-state index contributed by atoms with van der Waals surface area (Å²) in [4.78, 5) is 26.9. The van der Waals surface area contributed by atoms with E-state index in [0.717, 1.165) is 57.7 Å². The molecule has 2 fully saturated rings. The van der Waals surface area contributed by atoms with Gasteiger partial charge in [-0.15, -0.1) is 12.4 Å². The smallest absolute Gasteiger partial charge is 0.250 e. The van der Waals surface area contributed by atoms with E-state index >= 15 is 0 Å². The third-order valence-electron chi connectivity index (χ3n) is 5.48. The second-order valence-electron chi connectivity index (χ2n) is 6.97. The van der Waals surface area contributed by atoms with Gasteiger partial charge < -0.3 is 14.8 Å². The zero-order valence-corrected chi connectivity index (χ0v) is 14.1. The Morgan fingerprint density at radius 2 is 1.91 bits per heavy atom. The molecule has 126 valence electrons. The van der Waals surface area contributed by atoms with Crippen LogP contribution in [0.15, 0.2) is 23.0 Å². The van der Waals surface area contributed by atoms with Crippen molar-refractivity contribution in [3.05, 3.63) is 34.2 Å². The third-order valence-corrected chi connectivity index (χ3v) is 5.48. The van der Waals surface area contributed by atoms with Crippen molar-refractivity contribution >= 4 is 18.3 Å². The van der Waals surface area contributed by atoms with Gasteiger partial charge in [0, 0.05) is 43.2 Å². The van der Waals surface area contributed by atoms with Gasteiger partial charge in [0.15, 0.2) is 0 Å². The largest absolute Gasteiger partial charge is 0.341 e. The van der Waals surface area contributed by atoms with Crippen LogP contribution < -0.4 is 10.9 Å². The minimum atomic E-state index is 0. The molecule has 2 bridgehead atoms. The summed E-state index contributed by atoms with van der Waals surface area (Å²) in [7, 11) is 0. The van der Waals surface area contributed by atoms with Crippen LogP contribution in [0.1, 0.15) is 30.9 Å². The molecule has 5 nitrogen and oxygen atoms in total. The first-order chi connectivity index (χ1) is 10.7. The monoisotopic (exact) mass is 337 g/mol. The van der Waals surface area contributed by atoms with Crippen molar-refractivity contribution in [1.29, 1.82) is 0 Å². The number of piperidine rings is 2. The number of pyridine rings is 1. The number of rotatable bonds is 1. The first kappa shape index (κ1) is 16.5. The highest BCUT2D eigenvalue weighted by molar-refractivity contribution is 5.85. The van der Waals surface area contributed by atoms with E-state index in [4.69, 9.17) is 0 Å². The first-order valence-corrected chi connectivity index (χ1v) is 8.41. The highest BCUT2D eigenvalue weighted by Crippen LogP contribution is 2.35. The van der Waals surface area contributed by atoms with Crippen molar-refractivity contribution in [3.63, 3.8) is 0 Å². The van der Waals surface area contributed by atoms with E-state index in [1.165, 1.54) is 0 Å². The molecule has 4 heterocycles. The topological polar surface area (TPSA) is 54.3 Å². The van der Waals surface area contributed by atoms with Gasteiger partial charge in [0.25, 0.3) is 5.56 Å². The lowest BCUT2D eigenvalue weighted by Crippen LogP contribution is -2.51. The average molecular weight is 338 g/mol. The predicted molar refractivity (Wildman–Crippen MR) is 91.0 cm³/mol. The maximum Gasteiger partial charge on any atom is 0.250 e. The van der Waals surface area contributed by atoms with Gasteiger partial charge in [0.1, 0.15) is 0 Å². The number of hydrogen-bond donors (Lipinski definition) is 1. The van der Waals surface area contributed by atoms with Crippen molar-refractivity contribution in [3.8, 4) is 0 Å². The molecule has 23 heavy (non-hydrogen) atoms. The number of carbonyl (C=O) groups is 1. The average Bonchev–Trinajstić information content (AvgIpc) is 2.56. The summed E-state index contributed by atoms with van der Waals surface area (Å²) in [5.74, 6) is 1.28. The van der Waals surface area contributed by atoms with E-state index in [9.17, 15) is 9.59 Å². The quantitative estimate of drug-likeness (QED) is 0.838. The van der Waals surface area contributed by atoms with Crippen molar-refractivity contribution in [2.24, 2.45) is 11.8 Å². The molecule has 1 N–H and O–H groups in total. The molecule has 0 spiro atoms. The van der Waals surface area contributed by atoms with Crippen molar-refractivity contribution in [2.75, 3.05) is 26.2 Å². The Bertz CT molecular complexity index is 639. The van der Waals surface area contributed by atoms with Gasteiger partial charge in [0.05, 0.1) is 0 Å². The van der Waals surface area contributed by atoms with Gasteiger partial charge in [-0.3, -0.25) is 9.59 Å². The van der Waals surface area contributed by atoms with E-state index in [2.05, 4.69) is 16.3 Å². The van der Waals surface area contributed by atoms with E-state index in [1.54, 1.807) is 6.07 Å². The van der Waals surface area contributed by atoms with Crippen LogP contribution >= 0.6 is 12.4 Å². The Balaban J connectivity index is 0.00000156. The summed E-state index contributed by atoms with van der Waals surface area (Å²) in [6.45, 7) is 4.27. The number of nitrogens with zero attached hydrogens (tertiary/aromatic N) is 2. The molecule has 0 aliphatic carbocycles. The number of aromatic nitrogens is 1. The van der Waals surface area contributed by atoms with Crippen molar-refractivity contribution in [1.82, 2.24) is 14.8 Å². The Hall–Kier alpha value is -1.33. The van der Waals surface area contributed by atoms with Gasteiger partial charge in [0.2, 0.25) is 5.91 Å².